The maximum Gasteiger partial charge on any atom is 0.164 e. The summed E-state index contributed by atoms with van der Waals surface area (Å²) < 4.78 is 5.17. The smallest absolute Gasteiger partial charge is 0.164 e. The van der Waals surface area contributed by atoms with E-state index in [9.17, 15) is 0 Å². The van der Waals surface area contributed by atoms with Crippen LogP contribution >= 0.6 is 0 Å². The van der Waals surface area contributed by atoms with Crippen LogP contribution < -0.4 is 0 Å². The van der Waals surface area contributed by atoms with Crippen molar-refractivity contribution in [2.75, 3.05) is 0 Å². The lowest BCUT2D eigenvalue weighted by Crippen LogP contribution is -1.63. The second kappa shape index (κ2) is 1.91. The summed E-state index contributed by atoms with van der Waals surface area (Å²) >= 11 is 0. The molecule has 3 rings (SSSR count). The Morgan fingerprint density at radius 1 is 1.00 bits per heavy atom. The molecule has 1 heterocycles. The average molecular weight is 157 g/mol. The lowest BCUT2D eigenvalue weighted by molar-refractivity contribution is 0.456. The largest absolute Gasteiger partial charge is 0.382 e. The SMILES string of the molecule is c1cc2cc3c[nH]oc3cc2c1. The minimum absolute atomic E-state index is 0.911. The predicted molar refractivity (Wildman–Crippen MR) is 48.1 cm³/mol. The van der Waals surface area contributed by atoms with Gasteiger partial charge in [0.05, 0.1) is 0 Å². The van der Waals surface area contributed by atoms with Gasteiger partial charge in [0.2, 0.25) is 0 Å². The third-order valence-corrected chi connectivity index (χ3v) is 2.15. The van der Waals surface area contributed by atoms with E-state index >= 15 is 0 Å². The molecule has 2 heteroatoms. The first-order chi connectivity index (χ1) is 5.93. The third kappa shape index (κ3) is 0.639. The van der Waals surface area contributed by atoms with Gasteiger partial charge in [0.1, 0.15) is 0 Å². The summed E-state index contributed by atoms with van der Waals surface area (Å²) in [5, 5.41) is 6.34. The first-order valence-electron chi connectivity index (χ1n) is 3.88. The van der Waals surface area contributed by atoms with E-state index < -0.39 is 0 Å². The van der Waals surface area contributed by atoms with E-state index in [2.05, 4.69) is 23.4 Å². The number of hydrogen-bond acceptors (Lipinski definition) is 1. The van der Waals surface area contributed by atoms with Crippen molar-refractivity contribution >= 4 is 21.7 Å². The highest BCUT2D eigenvalue weighted by Gasteiger charge is 1.99. The van der Waals surface area contributed by atoms with Crippen LogP contribution in [0.1, 0.15) is 0 Å². The third-order valence-electron chi connectivity index (χ3n) is 2.15. The molecular formula is C10H7NO. The Bertz CT molecular complexity index is 442. The molecule has 0 aliphatic carbocycles. The molecule has 1 N–H and O–H groups in total. The highest BCUT2D eigenvalue weighted by atomic mass is 16.5. The summed E-state index contributed by atoms with van der Waals surface area (Å²) in [5.74, 6) is 0. The van der Waals surface area contributed by atoms with E-state index in [1.165, 1.54) is 10.8 Å². The lowest BCUT2D eigenvalue weighted by Gasteiger charge is -1.88. The number of H-pyrrole nitrogens is 1. The van der Waals surface area contributed by atoms with Crippen LogP contribution in [0.25, 0.3) is 21.7 Å². The Hall–Kier alpha value is -1.70. The van der Waals surface area contributed by atoms with Gasteiger partial charge in [-0.2, -0.15) is 0 Å². The van der Waals surface area contributed by atoms with Gasteiger partial charge in [-0.05, 0) is 22.9 Å². The molecule has 2 nitrogen and oxygen atoms in total. The Kier molecular flexibility index (Phi) is 0.939. The Morgan fingerprint density at radius 2 is 1.83 bits per heavy atom. The average Bonchev–Trinajstić information content (AvgIpc) is 2.64. The zero-order chi connectivity index (χ0) is 7.97. The van der Waals surface area contributed by atoms with Gasteiger partial charge in [0.15, 0.2) is 5.58 Å². The molecule has 0 amide bonds. The lowest BCUT2D eigenvalue weighted by atomic mass is 10.2. The molecule has 1 aromatic heterocycles. The number of aromatic nitrogens is 1. The van der Waals surface area contributed by atoms with Gasteiger partial charge < -0.3 is 4.52 Å². The molecule has 0 spiro atoms. The molecule has 0 saturated heterocycles. The number of fused-ring (bicyclic) bond motifs is 2. The van der Waals surface area contributed by atoms with E-state index in [4.69, 9.17) is 4.52 Å². The topological polar surface area (TPSA) is 28.9 Å². The maximum atomic E-state index is 5.17. The molecule has 0 aliphatic heterocycles. The van der Waals surface area contributed by atoms with Gasteiger partial charge in [0.25, 0.3) is 0 Å². The van der Waals surface area contributed by atoms with Crippen LogP contribution in [0.5, 0.6) is 0 Å². The van der Waals surface area contributed by atoms with Crippen molar-refractivity contribution in [3.8, 4) is 0 Å². The quantitative estimate of drug-likeness (QED) is 0.534. The summed E-state index contributed by atoms with van der Waals surface area (Å²) in [6.45, 7) is 0. The number of nitrogens with one attached hydrogen (secondary N) is 1. The van der Waals surface area contributed by atoms with Gasteiger partial charge in [-0.3, -0.25) is 0 Å². The second-order valence-corrected chi connectivity index (χ2v) is 2.91. The number of benzene rings is 1. The van der Waals surface area contributed by atoms with Gasteiger partial charge in [-0.15, -0.1) is 0 Å². The number of hydrogen-bond donors (Lipinski definition) is 1. The molecule has 0 bridgehead atoms. The molecule has 2 aromatic carbocycles. The van der Waals surface area contributed by atoms with Crippen molar-refractivity contribution in [3.63, 3.8) is 0 Å². The first kappa shape index (κ1) is 5.89. The molecular weight excluding hydrogens is 150 g/mol. The number of aromatic amines is 1. The predicted octanol–water partition coefficient (Wildman–Crippen LogP) is 2.91. The highest BCUT2D eigenvalue weighted by molar-refractivity contribution is 5.96. The molecule has 12 heavy (non-hydrogen) atoms. The monoisotopic (exact) mass is 157 g/mol. The van der Waals surface area contributed by atoms with E-state index in [1.807, 2.05) is 18.3 Å². The normalized spacial score (nSPS) is 11.3. The van der Waals surface area contributed by atoms with E-state index in [0.29, 0.717) is 0 Å². The molecule has 0 atom stereocenters. The number of rotatable bonds is 0. The van der Waals surface area contributed by atoms with Crippen molar-refractivity contribution < 1.29 is 4.52 Å². The summed E-state index contributed by atoms with van der Waals surface area (Å²) in [6.07, 6.45) is 1.86. The van der Waals surface area contributed by atoms with Crippen molar-refractivity contribution in [3.05, 3.63) is 36.5 Å². The fourth-order valence-corrected chi connectivity index (χ4v) is 1.53. The summed E-state index contributed by atoms with van der Waals surface area (Å²) in [4.78, 5) is 0. The fraction of sp³-hybridized carbons (Fsp3) is 0. The highest BCUT2D eigenvalue weighted by Crippen LogP contribution is 2.22. The van der Waals surface area contributed by atoms with Crippen LogP contribution in [0, 0.1) is 0 Å². The summed E-state index contributed by atoms with van der Waals surface area (Å²) in [5.41, 5.74) is 0.911. The zero-order valence-corrected chi connectivity index (χ0v) is 6.37. The summed E-state index contributed by atoms with van der Waals surface area (Å²) in [6, 6.07) is 10.4. The molecule has 0 saturated carbocycles. The van der Waals surface area contributed by atoms with Crippen LogP contribution in [0.15, 0.2) is 41.1 Å². The van der Waals surface area contributed by atoms with E-state index in [0.717, 1.165) is 11.0 Å². The fourth-order valence-electron chi connectivity index (χ4n) is 1.53. The second-order valence-electron chi connectivity index (χ2n) is 2.91. The van der Waals surface area contributed by atoms with Gasteiger partial charge in [-0.25, -0.2) is 5.16 Å². The molecule has 0 aliphatic rings. The molecule has 0 unspecified atom stereocenters. The summed E-state index contributed by atoms with van der Waals surface area (Å²) in [7, 11) is 0. The Morgan fingerprint density at radius 3 is 2.75 bits per heavy atom. The van der Waals surface area contributed by atoms with E-state index in [-0.39, 0.29) is 0 Å². The van der Waals surface area contributed by atoms with Crippen LogP contribution in [0.2, 0.25) is 0 Å². The Labute approximate surface area is 68.7 Å². The standard InChI is InChI=1S/C10H7NO/c1-2-7-4-9-6-11-12-10(9)5-8(7)3-1/h1-6,11H. The van der Waals surface area contributed by atoms with Gasteiger partial charge >= 0.3 is 0 Å². The van der Waals surface area contributed by atoms with Crippen LogP contribution in [0.4, 0.5) is 0 Å². The van der Waals surface area contributed by atoms with Crippen LogP contribution in [-0.2, 0) is 0 Å². The molecule has 58 valence electrons. The van der Waals surface area contributed by atoms with Gasteiger partial charge in [-0.1, -0.05) is 18.2 Å². The van der Waals surface area contributed by atoms with Gasteiger partial charge in [0, 0.05) is 11.6 Å². The van der Waals surface area contributed by atoms with Crippen molar-refractivity contribution in [1.82, 2.24) is 5.16 Å². The van der Waals surface area contributed by atoms with Crippen LogP contribution in [-0.4, -0.2) is 5.16 Å². The van der Waals surface area contributed by atoms with Crippen LogP contribution in [0.3, 0.4) is 0 Å². The maximum absolute atomic E-state index is 5.17. The Balaban J connectivity index is 2.62. The minimum Gasteiger partial charge on any atom is -0.382 e. The van der Waals surface area contributed by atoms with E-state index in [1.54, 1.807) is 0 Å². The minimum atomic E-state index is 0.911. The van der Waals surface area contributed by atoms with Crippen molar-refractivity contribution in [1.29, 1.82) is 0 Å². The molecule has 0 radical (unpaired) electrons. The first-order valence-corrected chi connectivity index (χ1v) is 3.88. The zero-order valence-electron chi connectivity index (χ0n) is 6.37. The molecule has 0 fully saturated rings. The van der Waals surface area contributed by atoms with Crippen molar-refractivity contribution in [2.45, 2.75) is 0 Å². The molecule has 3 aromatic rings. The van der Waals surface area contributed by atoms with Crippen molar-refractivity contribution in [2.24, 2.45) is 0 Å².